The van der Waals surface area contributed by atoms with Crippen LogP contribution in [-0.2, 0) is 53.5 Å². The van der Waals surface area contributed by atoms with Crippen LogP contribution in [0.3, 0.4) is 0 Å². The van der Waals surface area contributed by atoms with Crippen LogP contribution in [-0.4, -0.2) is 65.4 Å². The molecule has 0 saturated carbocycles. The fraction of sp³-hybridized carbons (Fsp3) is 0.114. The highest BCUT2D eigenvalue weighted by atomic mass is 32.2. The molecule has 6 rings (SSSR count). The topological polar surface area (TPSA) is 239 Å². The smallest absolute Gasteiger partial charge is 0.335 e. The van der Waals surface area contributed by atoms with Crippen molar-refractivity contribution < 1.29 is 54.6 Å². The van der Waals surface area contributed by atoms with Gasteiger partial charge in [-0.05, 0) is 100 Å². The average Bonchev–Trinajstić information content (AvgIpc) is 3.23. The number of carboxylic acids is 2. The van der Waals surface area contributed by atoms with Crippen LogP contribution in [0.4, 0.5) is 17.1 Å². The summed E-state index contributed by atoms with van der Waals surface area (Å²) >= 11 is 0. The number of anilines is 3. The predicted molar refractivity (Wildman–Crippen MR) is 236 cm³/mol. The standard InChI is InChI=1S/C44H39N3O12S3/c48-29-59-42-9-5-4-8-41(42)47-61(55,56)21-19-31-10-14-33(15-11-31)36-23-38(44(51)52)27-40(25-36)46-62(57,58)28-32-12-16-34(17-13-32)35-22-37(43(49)50)26-39(24-35)45-60(53,54)20-18-30-6-2-1-3-7-30/h1-17,22-27,29,45-47H,18-21,28H2,(H,49,50)(H,51,52). The lowest BCUT2D eigenvalue weighted by molar-refractivity contribution is -0.120. The summed E-state index contributed by atoms with van der Waals surface area (Å²) in [5, 5.41) is 19.6. The average molecular weight is 898 g/mol. The Morgan fingerprint density at radius 2 is 0.952 bits per heavy atom. The number of para-hydroxylation sites is 2. The van der Waals surface area contributed by atoms with Crippen LogP contribution in [0.2, 0.25) is 0 Å². The van der Waals surface area contributed by atoms with Crippen LogP contribution in [0.25, 0.3) is 22.3 Å². The van der Waals surface area contributed by atoms with Crippen molar-refractivity contribution in [1.82, 2.24) is 0 Å². The first kappa shape index (κ1) is 44.5. The maximum atomic E-state index is 13.4. The third-order valence-electron chi connectivity index (χ3n) is 9.33. The largest absolute Gasteiger partial charge is 0.478 e. The number of hydrogen-bond acceptors (Lipinski definition) is 10. The highest BCUT2D eigenvalue weighted by molar-refractivity contribution is 7.93. The van der Waals surface area contributed by atoms with Gasteiger partial charge in [-0.15, -0.1) is 0 Å². The Kier molecular flexibility index (Phi) is 13.7. The van der Waals surface area contributed by atoms with Gasteiger partial charge in [0.1, 0.15) is 0 Å². The molecule has 0 saturated heterocycles. The third kappa shape index (κ3) is 12.5. The number of hydrogen-bond donors (Lipinski definition) is 5. The van der Waals surface area contributed by atoms with Gasteiger partial charge < -0.3 is 14.9 Å². The molecule has 0 unspecified atom stereocenters. The van der Waals surface area contributed by atoms with E-state index in [1.807, 2.05) is 6.07 Å². The Morgan fingerprint density at radius 3 is 1.47 bits per heavy atom. The molecule has 0 spiro atoms. The third-order valence-corrected chi connectivity index (χ3v) is 13.1. The van der Waals surface area contributed by atoms with E-state index in [0.717, 1.165) is 5.56 Å². The van der Waals surface area contributed by atoms with Crippen molar-refractivity contribution >= 4 is 65.5 Å². The van der Waals surface area contributed by atoms with Crippen molar-refractivity contribution in [2.75, 3.05) is 25.7 Å². The summed E-state index contributed by atoms with van der Waals surface area (Å²) in [5.74, 6) is -3.57. The van der Waals surface area contributed by atoms with Gasteiger partial charge in [0.05, 0.1) is 34.1 Å². The molecule has 6 aromatic carbocycles. The fourth-order valence-electron chi connectivity index (χ4n) is 6.35. The van der Waals surface area contributed by atoms with Crippen molar-refractivity contribution in [3.8, 4) is 28.0 Å². The SMILES string of the molecule is O=COc1ccccc1NS(=O)(=O)CCc1ccc(-c2cc(NS(=O)(=O)Cc3ccc(-c4cc(NS(=O)(=O)CCc5ccccc5)cc(C(=O)O)c4)cc3)cc(C(=O)O)c2)cc1. The van der Waals surface area contributed by atoms with Crippen molar-refractivity contribution in [1.29, 1.82) is 0 Å². The Hall–Kier alpha value is -7.02. The minimum Gasteiger partial charge on any atom is -0.478 e. The second kappa shape index (κ2) is 19.1. The fourth-order valence-corrected chi connectivity index (χ4v) is 9.72. The lowest BCUT2D eigenvalue weighted by atomic mass is 10.0. The molecule has 0 aromatic heterocycles. The van der Waals surface area contributed by atoms with E-state index in [0.29, 0.717) is 33.4 Å². The van der Waals surface area contributed by atoms with Crippen LogP contribution in [0, 0.1) is 0 Å². The zero-order valence-corrected chi connectivity index (χ0v) is 35.0. The van der Waals surface area contributed by atoms with Gasteiger partial charge >= 0.3 is 11.9 Å². The number of carbonyl (C=O) groups excluding carboxylic acids is 1. The molecule has 0 aliphatic carbocycles. The maximum Gasteiger partial charge on any atom is 0.335 e. The quantitative estimate of drug-likeness (QED) is 0.0494. The number of aryl methyl sites for hydroxylation is 2. The molecule has 0 heterocycles. The zero-order chi connectivity index (χ0) is 44.5. The van der Waals surface area contributed by atoms with E-state index < -0.39 is 47.8 Å². The number of benzene rings is 6. The lowest BCUT2D eigenvalue weighted by Crippen LogP contribution is -2.18. The highest BCUT2D eigenvalue weighted by Gasteiger charge is 2.19. The molecule has 0 bridgehead atoms. The number of sulfonamides is 3. The summed E-state index contributed by atoms with van der Waals surface area (Å²) in [5.41, 5.74) is 3.37. The molecule has 0 aliphatic rings. The molecular formula is C44H39N3O12S3. The summed E-state index contributed by atoms with van der Waals surface area (Å²) in [6.45, 7) is 0.192. The van der Waals surface area contributed by atoms with Crippen LogP contribution < -0.4 is 18.9 Å². The molecular weight excluding hydrogens is 859 g/mol. The number of aromatic carboxylic acids is 2. The van der Waals surface area contributed by atoms with Crippen molar-refractivity contribution in [3.63, 3.8) is 0 Å². The van der Waals surface area contributed by atoms with Crippen molar-refractivity contribution in [2.24, 2.45) is 0 Å². The van der Waals surface area contributed by atoms with Gasteiger partial charge in [0, 0.05) is 11.4 Å². The van der Waals surface area contributed by atoms with Gasteiger partial charge in [-0.2, -0.15) is 0 Å². The molecule has 0 fully saturated rings. The van der Waals surface area contributed by atoms with E-state index in [4.69, 9.17) is 4.74 Å². The summed E-state index contributed by atoms with van der Waals surface area (Å²) in [7, 11) is -11.8. The molecule has 15 nitrogen and oxygen atoms in total. The van der Waals surface area contributed by atoms with Crippen LogP contribution in [0.15, 0.2) is 140 Å². The zero-order valence-electron chi connectivity index (χ0n) is 32.6. The van der Waals surface area contributed by atoms with Crippen LogP contribution in [0.1, 0.15) is 37.4 Å². The first-order valence-electron chi connectivity index (χ1n) is 18.7. The number of ether oxygens (including phenoxy) is 1. The van der Waals surface area contributed by atoms with E-state index >= 15 is 0 Å². The molecule has 18 heteroatoms. The minimum absolute atomic E-state index is 0.0131. The molecule has 0 radical (unpaired) electrons. The normalized spacial score (nSPS) is 11.6. The van der Waals surface area contributed by atoms with Gasteiger partial charge in [0.25, 0.3) is 6.47 Å². The Morgan fingerprint density at radius 1 is 0.500 bits per heavy atom. The highest BCUT2D eigenvalue weighted by Crippen LogP contribution is 2.30. The second-order valence-electron chi connectivity index (χ2n) is 14.0. The molecule has 0 aliphatic heterocycles. The molecule has 5 N–H and O–H groups in total. The minimum atomic E-state index is -4.12. The summed E-state index contributed by atoms with van der Waals surface area (Å²) < 4.78 is 90.3. The van der Waals surface area contributed by atoms with E-state index in [1.54, 1.807) is 72.8 Å². The van der Waals surface area contributed by atoms with Crippen molar-refractivity contribution in [2.45, 2.75) is 18.6 Å². The Balaban J connectivity index is 1.12. The molecule has 0 atom stereocenters. The molecule has 6 aromatic rings. The number of carboxylic acid groups (broad SMARTS) is 2. The van der Waals surface area contributed by atoms with Gasteiger partial charge in [0.15, 0.2) is 5.75 Å². The maximum absolute atomic E-state index is 13.4. The van der Waals surface area contributed by atoms with Gasteiger partial charge in [0.2, 0.25) is 30.1 Å². The van der Waals surface area contributed by atoms with E-state index in [9.17, 15) is 49.9 Å². The first-order valence-corrected chi connectivity index (χ1v) is 23.6. The second-order valence-corrected chi connectivity index (χ2v) is 19.4. The van der Waals surface area contributed by atoms with Crippen molar-refractivity contribution in [3.05, 3.63) is 167 Å². The predicted octanol–water partition coefficient (Wildman–Crippen LogP) is 6.86. The molecule has 0 amide bonds. The summed E-state index contributed by atoms with van der Waals surface area (Å²) in [6.07, 6.45) is 0.360. The number of rotatable bonds is 20. The first-order chi connectivity index (χ1) is 29.5. The molecule has 62 heavy (non-hydrogen) atoms. The van der Waals surface area contributed by atoms with E-state index in [2.05, 4.69) is 14.2 Å². The molecule has 320 valence electrons. The van der Waals surface area contributed by atoms with Gasteiger partial charge in [-0.1, -0.05) is 91.0 Å². The van der Waals surface area contributed by atoms with E-state index in [-0.39, 0.29) is 64.8 Å². The number of carbonyl (C=O) groups is 3. The van der Waals surface area contributed by atoms with Gasteiger partial charge in [-0.25, -0.2) is 34.8 Å². The summed E-state index contributed by atoms with van der Waals surface area (Å²) in [4.78, 5) is 34.8. The summed E-state index contributed by atoms with van der Waals surface area (Å²) in [6, 6.07) is 36.0. The lowest BCUT2D eigenvalue weighted by Gasteiger charge is -2.13. The Labute approximate surface area is 358 Å². The Bertz CT molecular complexity index is 2940. The van der Waals surface area contributed by atoms with Crippen LogP contribution >= 0.6 is 0 Å². The van der Waals surface area contributed by atoms with Gasteiger partial charge in [-0.3, -0.25) is 19.0 Å². The van der Waals surface area contributed by atoms with E-state index in [1.165, 1.54) is 60.7 Å². The number of nitrogens with one attached hydrogen (secondary N) is 3. The van der Waals surface area contributed by atoms with Crippen LogP contribution in [0.5, 0.6) is 5.75 Å². The monoisotopic (exact) mass is 897 g/mol.